The molecule has 0 fully saturated rings. The van der Waals surface area contributed by atoms with Gasteiger partial charge in [-0.3, -0.25) is 10.5 Å². The average molecular weight is 142 g/mol. The SMILES string of the molecule is N=C(N)Sc1cc[nH]n1. The fourth-order valence-corrected chi connectivity index (χ4v) is 0.876. The van der Waals surface area contributed by atoms with Crippen LogP contribution in [0.5, 0.6) is 0 Å². The van der Waals surface area contributed by atoms with Gasteiger partial charge in [-0.25, -0.2) is 0 Å². The van der Waals surface area contributed by atoms with Gasteiger partial charge in [0, 0.05) is 6.20 Å². The lowest BCUT2D eigenvalue weighted by molar-refractivity contribution is 1.01. The summed E-state index contributed by atoms with van der Waals surface area (Å²) >= 11 is 1.12. The van der Waals surface area contributed by atoms with Crippen molar-refractivity contribution >= 4 is 16.9 Å². The Bertz CT molecular complexity index is 192. The minimum atomic E-state index is 0.0575. The van der Waals surface area contributed by atoms with Crippen molar-refractivity contribution < 1.29 is 0 Å². The van der Waals surface area contributed by atoms with Crippen LogP contribution < -0.4 is 5.73 Å². The quantitative estimate of drug-likeness (QED) is 0.301. The number of nitrogens with one attached hydrogen (secondary N) is 2. The predicted molar refractivity (Wildman–Crippen MR) is 36.4 cm³/mol. The Labute approximate surface area is 56.3 Å². The highest BCUT2D eigenvalue weighted by molar-refractivity contribution is 8.13. The van der Waals surface area contributed by atoms with Gasteiger partial charge in [-0.15, -0.1) is 0 Å². The van der Waals surface area contributed by atoms with Crippen molar-refractivity contribution in [2.24, 2.45) is 5.73 Å². The van der Waals surface area contributed by atoms with Crippen molar-refractivity contribution in [3.63, 3.8) is 0 Å². The molecule has 0 unspecified atom stereocenters. The van der Waals surface area contributed by atoms with Gasteiger partial charge in [0.2, 0.25) is 0 Å². The number of thioether (sulfide) groups is 1. The van der Waals surface area contributed by atoms with Crippen LogP contribution in [0.4, 0.5) is 0 Å². The first-order chi connectivity index (χ1) is 4.29. The molecule has 4 nitrogen and oxygen atoms in total. The maximum Gasteiger partial charge on any atom is 0.157 e. The fraction of sp³-hybridized carbons (Fsp3) is 0. The number of rotatable bonds is 1. The molecule has 5 heteroatoms. The van der Waals surface area contributed by atoms with Crippen LogP contribution in [0.1, 0.15) is 0 Å². The highest BCUT2D eigenvalue weighted by Gasteiger charge is 1.95. The highest BCUT2D eigenvalue weighted by atomic mass is 32.2. The number of aromatic nitrogens is 2. The molecule has 0 aliphatic rings. The Morgan fingerprint density at radius 2 is 2.67 bits per heavy atom. The fourth-order valence-electron chi connectivity index (χ4n) is 0.416. The number of hydrogen-bond donors (Lipinski definition) is 3. The molecule has 4 N–H and O–H groups in total. The van der Waals surface area contributed by atoms with Gasteiger partial charge in [0.1, 0.15) is 5.03 Å². The smallest absolute Gasteiger partial charge is 0.157 e. The van der Waals surface area contributed by atoms with Crippen LogP contribution in [-0.4, -0.2) is 15.4 Å². The second-order valence-electron chi connectivity index (χ2n) is 1.38. The number of nitrogens with two attached hydrogens (primary N) is 1. The summed E-state index contributed by atoms with van der Waals surface area (Å²) in [6.45, 7) is 0. The topological polar surface area (TPSA) is 78.5 Å². The van der Waals surface area contributed by atoms with Crippen LogP contribution >= 0.6 is 11.8 Å². The summed E-state index contributed by atoms with van der Waals surface area (Å²) in [6, 6.07) is 1.76. The van der Waals surface area contributed by atoms with Crippen molar-refractivity contribution in [2.75, 3.05) is 0 Å². The third-order valence-corrected chi connectivity index (χ3v) is 1.35. The van der Waals surface area contributed by atoms with Gasteiger partial charge >= 0.3 is 0 Å². The molecule has 1 rings (SSSR count). The van der Waals surface area contributed by atoms with Gasteiger partial charge in [0.15, 0.2) is 5.17 Å². The summed E-state index contributed by atoms with van der Waals surface area (Å²) in [6.07, 6.45) is 1.69. The monoisotopic (exact) mass is 142 g/mol. The summed E-state index contributed by atoms with van der Waals surface area (Å²) in [4.78, 5) is 0. The van der Waals surface area contributed by atoms with Gasteiger partial charge in [-0.2, -0.15) is 5.10 Å². The van der Waals surface area contributed by atoms with Crippen LogP contribution in [-0.2, 0) is 0 Å². The molecule has 1 aromatic rings. The maximum atomic E-state index is 6.86. The molecule has 0 saturated heterocycles. The summed E-state index contributed by atoms with van der Waals surface area (Å²) < 4.78 is 0. The maximum absolute atomic E-state index is 6.86. The second kappa shape index (κ2) is 2.54. The zero-order chi connectivity index (χ0) is 6.69. The van der Waals surface area contributed by atoms with Crippen LogP contribution in [0.2, 0.25) is 0 Å². The first-order valence-electron chi connectivity index (χ1n) is 2.30. The molecule has 0 aliphatic carbocycles. The van der Waals surface area contributed by atoms with E-state index in [-0.39, 0.29) is 5.17 Å². The van der Waals surface area contributed by atoms with Crippen molar-refractivity contribution in [2.45, 2.75) is 5.03 Å². The molecule has 0 atom stereocenters. The molecule has 0 spiro atoms. The van der Waals surface area contributed by atoms with Gasteiger partial charge in [0.25, 0.3) is 0 Å². The van der Waals surface area contributed by atoms with E-state index in [0.29, 0.717) is 0 Å². The summed E-state index contributed by atoms with van der Waals surface area (Å²) in [5, 5.41) is 14.0. The highest BCUT2D eigenvalue weighted by Crippen LogP contribution is 2.11. The molecule has 0 radical (unpaired) electrons. The lowest BCUT2D eigenvalue weighted by Crippen LogP contribution is -2.02. The van der Waals surface area contributed by atoms with E-state index < -0.39 is 0 Å². The van der Waals surface area contributed by atoms with E-state index in [9.17, 15) is 0 Å². The van der Waals surface area contributed by atoms with Crippen molar-refractivity contribution in [1.29, 1.82) is 5.41 Å². The summed E-state index contributed by atoms with van der Waals surface area (Å²) in [5.74, 6) is 0. The molecule has 0 aromatic carbocycles. The number of hydrogen-bond acceptors (Lipinski definition) is 3. The zero-order valence-electron chi connectivity index (χ0n) is 4.59. The van der Waals surface area contributed by atoms with Crippen LogP contribution in [0.25, 0.3) is 0 Å². The lowest BCUT2D eigenvalue weighted by Gasteiger charge is -1.87. The Morgan fingerprint density at radius 1 is 1.89 bits per heavy atom. The Morgan fingerprint density at radius 3 is 3.11 bits per heavy atom. The summed E-state index contributed by atoms with van der Waals surface area (Å²) in [7, 11) is 0. The first kappa shape index (κ1) is 6.15. The van der Waals surface area contributed by atoms with Gasteiger partial charge in [-0.05, 0) is 17.8 Å². The Balaban J connectivity index is 2.58. The molecule has 0 amide bonds. The number of H-pyrrole nitrogens is 1. The van der Waals surface area contributed by atoms with Crippen LogP contribution in [0, 0.1) is 5.41 Å². The van der Waals surface area contributed by atoms with E-state index in [4.69, 9.17) is 11.1 Å². The molecule has 48 valence electrons. The minimum Gasteiger partial charge on any atom is -0.378 e. The number of nitrogens with zero attached hydrogens (tertiary/aromatic N) is 1. The van der Waals surface area contributed by atoms with E-state index >= 15 is 0 Å². The largest absolute Gasteiger partial charge is 0.378 e. The van der Waals surface area contributed by atoms with Crippen molar-refractivity contribution in [3.05, 3.63) is 12.3 Å². The predicted octanol–water partition coefficient (Wildman–Crippen LogP) is 0.395. The molecule has 9 heavy (non-hydrogen) atoms. The van der Waals surface area contributed by atoms with E-state index in [1.165, 1.54) is 0 Å². The molecular weight excluding hydrogens is 136 g/mol. The molecular formula is C4H6N4S. The van der Waals surface area contributed by atoms with Crippen LogP contribution in [0.3, 0.4) is 0 Å². The minimum absolute atomic E-state index is 0.0575. The molecule has 0 saturated carbocycles. The van der Waals surface area contributed by atoms with E-state index in [0.717, 1.165) is 16.8 Å². The van der Waals surface area contributed by atoms with Gasteiger partial charge in [-0.1, -0.05) is 0 Å². The molecule has 1 heterocycles. The third-order valence-electron chi connectivity index (χ3n) is 0.690. The average Bonchev–Trinajstić information content (AvgIpc) is 2.15. The van der Waals surface area contributed by atoms with Crippen molar-refractivity contribution in [3.8, 4) is 0 Å². The first-order valence-corrected chi connectivity index (χ1v) is 3.12. The van der Waals surface area contributed by atoms with E-state index in [1.54, 1.807) is 12.3 Å². The number of aromatic amines is 1. The standard InChI is InChI=1S/C4H6N4S/c5-4(6)9-3-1-2-7-8-3/h1-2H,(H3,5,6)(H,7,8). The normalized spacial score (nSPS) is 9.33. The Kier molecular flexibility index (Phi) is 1.74. The third kappa shape index (κ3) is 1.77. The zero-order valence-corrected chi connectivity index (χ0v) is 5.40. The summed E-state index contributed by atoms with van der Waals surface area (Å²) in [5.41, 5.74) is 5.08. The lowest BCUT2D eigenvalue weighted by atomic mass is 10.8. The van der Waals surface area contributed by atoms with E-state index in [1.807, 2.05) is 0 Å². The van der Waals surface area contributed by atoms with Gasteiger partial charge < -0.3 is 5.73 Å². The molecule has 0 bridgehead atoms. The molecule has 0 aliphatic heterocycles. The van der Waals surface area contributed by atoms with Crippen LogP contribution in [0.15, 0.2) is 17.3 Å². The molecule has 1 aromatic heterocycles. The Hall–Kier alpha value is -0.970. The van der Waals surface area contributed by atoms with Gasteiger partial charge in [0.05, 0.1) is 0 Å². The van der Waals surface area contributed by atoms with E-state index in [2.05, 4.69) is 10.2 Å². The second-order valence-corrected chi connectivity index (χ2v) is 2.44. The number of amidine groups is 1. The van der Waals surface area contributed by atoms with Crippen molar-refractivity contribution in [1.82, 2.24) is 10.2 Å².